The highest BCUT2D eigenvalue weighted by molar-refractivity contribution is 5.66. The molecule has 21 heavy (non-hydrogen) atoms. The molecule has 1 aliphatic heterocycles. The Morgan fingerprint density at radius 3 is 2.81 bits per heavy atom. The summed E-state index contributed by atoms with van der Waals surface area (Å²) in [6.07, 6.45) is 4.19. The van der Waals surface area contributed by atoms with E-state index in [1.807, 2.05) is 0 Å². The molecule has 0 aromatic heterocycles. The lowest BCUT2D eigenvalue weighted by molar-refractivity contribution is -0.198. The van der Waals surface area contributed by atoms with Crippen LogP contribution in [0.5, 0.6) is 0 Å². The van der Waals surface area contributed by atoms with Gasteiger partial charge in [0.2, 0.25) is 0 Å². The molecular formula is C17H26O4. The zero-order chi connectivity index (χ0) is 15.4. The van der Waals surface area contributed by atoms with E-state index in [1.54, 1.807) is 0 Å². The van der Waals surface area contributed by atoms with E-state index < -0.39 is 6.29 Å². The summed E-state index contributed by atoms with van der Waals surface area (Å²) in [5.74, 6) is 0.0950. The van der Waals surface area contributed by atoms with Gasteiger partial charge in [0, 0.05) is 18.3 Å². The quantitative estimate of drug-likeness (QED) is 0.597. The average molecular weight is 294 g/mol. The number of allylic oxidation sites excluding steroid dienone is 1. The molecule has 0 aromatic rings. The maximum atomic E-state index is 11.5. The van der Waals surface area contributed by atoms with Gasteiger partial charge in [0.15, 0.2) is 6.29 Å². The minimum atomic E-state index is -0.781. The van der Waals surface area contributed by atoms with E-state index in [1.165, 1.54) is 12.5 Å². The third-order valence-electron chi connectivity index (χ3n) is 6.14. The van der Waals surface area contributed by atoms with E-state index in [0.717, 1.165) is 19.3 Å². The molecule has 0 unspecified atom stereocenters. The summed E-state index contributed by atoms with van der Waals surface area (Å²) in [5, 5.41) is 10.3. The maximum absolute atomic E-state index is 11.5. The third kappa shape index (κ3) is 2.15. The Bertz CT molecular complexity index is 481. The average Bonchev–Trinajstić information content (AvgIpc) is 2.76. The number of carbonyl (C=O) groups is 1. The summed E-state index contributed by atoms with van der Waals surface area (Å²) < 4.78 is 11.2. The van der Waals surface area contributed by atoms with Crippen LogP contribution in [0.4, 0.5) is 0 Å². The summed E-state index contributed by atoms with van der Waals surface area (Å²) in [6, 6.07) is 0. The van der Waals surface area contributed by atoms with Gasteiger partial charge < -0.3 is 14.6 Å². The number of esters is 1. The third-order valence-corrected chi connectivity index (χ3v) is 6.14. The molecule has 1 N–H and O–H groups in total. The van der Waals surface area contributed by atoms with Crippen LogP contribution in [-0.4, -0.2) is 30.1 Å². The van der Waals surface area contributed by atoms with Gasteiger partial charge in [0.1, 0.15) is 6.10 Å². The van der Waals surface area contributed by atoms with Crippen LogP contribution >= 0.6 is 0 Å². The summed E-state index contributed by atoms with van der Waals surface area (Å²) in [5.41, 5.74) is 1.10. The normalized spacial score (nSPS) is 44.5. The lowest BCUT2D eigenvalue weighted by atomic mass is 9.47. The van der Waals surface area contributed by atoms with Crippen LogP contribution in [0.2, 0.25) is 0 Å². The van der Waals surface area contributed by atoms with E-state index in [-0.39, 0.29) is 28.8 Å². The van der Waals surface area contributed by atoms with Crippen molar-refractivity contribution in [2.24, 2.45) is 22.7 Å². The lowest BCUT2D eigenvalue weighted by Crippen LogP contribution is -2.58. The van der Waals surface area contributed by atoms with Crippen molar-refractivity contribution in [2.45, 2.75) is 59.4 Å². The van der Waals surface area contributed by atoms with Gasteiger partial charge in [-0.2, -0.15) is 0 Å². The van der Waals surface area contributed by atoms with Crippen LogP contribution in [-0.2, 0) is 14.3 Å². The predicted molar refractivity (Wildman–Crippen MR) is 78.3 cm³/mol. The molecule has 2 aliphatic carbocycles. The number of carbonyl (C=O) groups excluding carboxylic acids is 1. The number of hydrogen-bond donors (Lipinski definition) is 1. The van der Waals surface area contributed by atoms with E-state index >= 15 is 0 Å². The molecule has 0 radical (unpaired) electrons. The van der Waals surface area contributed by atoms with Gasteiger partial charge in [-0.05, 0) is 36.2 Å². The maximum Gasteiger partial charge on any atom is 0.302 e. The first-order chi connectivity index (χ1) is 9.76. The SMILES string of the molecule is CC(=O)O[C@@H]1CCC(C)(C)[C@@H]2CC=C3CO[C@H](O)[C@@H]3[C@@]12C. The molecule has 2 fully saturated rings. The van der Waals surface area contributed by atoms with Gasteiger partial charge in [0.25, 0.3) is 0 Å². The van der Waals surface area contributed by atoms with Crippen LogP contribution in [0.1, 0.15) is 47.0 Å². The van der Waals surface area contributed by atoms with Crippen molar-refractivity contribution < 1.29 is 19.4 Å². The Hall–Kier alpha value is -0.870. The first kappa shape index (κ1) is 15.0. The van der Waals surface area contributed by atoms with Crippen molar-refractivity contribution in [1.82, 2.24) is 0 Å². The second-order valence-corrected chi connectivity index (χ2v) is 7.74. The molecule has 0 spiro atoms. The van der Waals surface area contributed by atoms with Crippen molar-refractivity contribution in [3.63, 3.8) is 0 Å². The largest absolute Gasteiger partial charge is 0.462 e. The van der Waals surface area contributed by atoms with Gasteiger partial charge in [-0.3, -0.25) is 4.79 Å². The Kier molecular flexibility index (Phi) is 3.45. The second kappa shape index (κ2) is 4.82. The zero-order valence-electron chi connectivity index (χ0n) is 13.4. The van der Waals surface area contributed by atoms with Crippen LogP contribution in [0.25, 0.3) is 0 Å². The molecule has 118 valence electrons. The van der Waals surface area contributed by atoms with E-state index in [2.05, 4.69) is 26.8 Å². The van der Waals surface area contributed by atoms with Crippen molar-refractivity contribution in [1.29, 1.82) is 0 Å². The summed E-state index contributed by atoms with van der Waals surface area (Å²) in [7, 11) is 0. The highest BCUT2D eigenvalue weighted by Gasteiger charge is 2.61. The topological polar surface area (TPSA) is 55.8 Å². The summed E-state index contributed by atoms with van der Waals surface area (Å²) >= 11 is 0. The Balaban J connectivity index is 2.05. The molecule has 4 heteroatoms. The number of ether oxygens (including phenoxy) is 2. The van der Waals surface area contributed by atoms with Crippen LogP contribution < -0.4 is 0 Å². The minimum Gasteiger partial charge on any atom is -0.462 e. The van der Waals surface area contributed by atoms with Gasteiger partial charge >= 0.3 is 5.97 Å². The Labute approximate surface area is 126 Å². The first-order valence-electron chi connectivity index (χ1n) is 7.92. The van der Waals surface area contributed by atoms with Crippen LogP contribution in [0.3, 0.4) is 0 Å². The molecule has 0 bridgehead atoms. The number of aliphatic hydroxyl groups is 1. The molecular weight excluding hydrogens is 268 g/mol. The molecule has 1 saturated carbocycles. The smallest absolute Gasteiger partial charge is 0.302 e. The fraction of sp³-hybridized carbons (Fsp3) is 0.824. The molecule has 0 amide bonds. The number of aliphatic hydroxyl groups excluding tert-OH is 1. The Morgan fingerprint density at radius 1 is 1.43 bits per heavy atom. The highest BCUT2D eigenvalue weighted by Crippen LogP contribution is 2.62. The van der Waals surface area contributed by atoms with Crippen molar-refractivity contribution >= 4 is 5.97 Å². The summed E-state index contributed by atoms with van der Waals surface area (Å²) in [4.78, 5) is 11.5. The molecule has 1 heterocycles. The predicted octanol–water partition coefficient (Wildman–Crippen LogP) is 2.66. The molecule has 5 atom stereocenters. The van der Waals surface area contributed by atoms with E-state index in [9.17, 15) is 9.90 Å². The summed E-state index contributed by atoms with van der Waals surface area (Å²) in [6.45, 7) is 8.74. The van der Waals surface area contributed by atoms with Gasteiger partial charge in [-0.25, -0.2) is 0 Å². The minimum absolute atomic E-state index is 0.0554. The van der Waals surface area contributed by atoms with E-state index in [4.69, 9.17) is 9.47 Å². The monoisotopic (exact) mass is 294 g/mol. The van der Waals surface area contributed by atoms with Crippen molar-refractivity contribution in [3.8, 4) is 0 Å². The molecule has 3 rings (SSSR count). The zero-order valence-corrected chi connectivity index (χ0v) is 13.4. The Morgan fingerprint density at radius 2 is 2.14 bits per heavy atom. The fourth-order valence-corrected chi connectivity index (χ4v) is 5.14. The van der Waals surface area contributed by atoms with Crippen molar-refractivity contribution in [2.75, 3.05) is 6.61 Å². The van der Waals surface area contributed by atoms with Gasteiger partial charge in [-0.1, -0.05) is 26.8 Å². The van der Waals surface area contributed by atoms with Crippen molar-refractivity contribution in [3.05, 3.63) is 11.6 Å². The van der Waals surface area contributed by atoms with Crippen LogP contribution in [0, 0.1) is 22.7 Å². The lowest BCUT2D eigenvalue weighted by Gasteiger charge is -2.58. The van der Waals surface area contributed by atoms with E-state index in [0.29, 0.717) is 12.5 Å². The molecule has 3 aliphatic rings. The van der Waals surface area contributed by atoms with Gasteiger partial charge in [-0.15, -0.1) is 0 Å². The number of rotatable bonds is 1. The first-order valence-corrected chi connectivity index (χ1v) is 7.92. The standard InChI is InChI=1S/C17H26O4/c1-10(18)21-13-7-8-16(2,3)12-6-5-11-9-20-15(19)14(11)17(12,13)4/h5,12-15,19H,6-9H2,1-4H3/t12-,13+,14+,15-,17+/m0/s1. The molecule has 4 nitrogen and oxygen atoms in total. The highest BCUT2D eigenvalue weighted by atomic mass is 16.6. The molecule has 0 aromatic carbocycles. The second-order valence-electron chi connectivity index (χ2n) is 7.74. The van der Waals surface area contributed by atoms with Crippen LogP contribution in [0.15, 0.2) is 11.6 Å². The number of hydrogen-bond acceptors (Lipinski definition) is 4. The number of fused-ring (bicyclic) bond motifs is 3. The fourth-order valence-electron chi connectivity index (χ4n) is 5.14. The van der Waals surface area contributed by atoms with Gasteiger partial charge in [0.05, 0.1) is 6.61 Å². The molecule has 1 saturated heterocycles.